The van der Waals surface area contributed by atoms with Crippen LogP contribution in [0.4, 0.5) is 0 Å². The lowest BCUT2D eigenvalue weighted by Crippen LogP contribution is -2.18. The predicted molar refractivity (Wildman–Crippen MR) is 130 cm³/mol. The number of rotatable bonds is 2. The summed E-state index contributed by atoms with van der Waals surface area (Å²) in [6.45, 7) is 12.8. The Morgan fingerprint density at radius 1 is 0.758 bits per heavy atom. The number of aromatic hydroxyl groups is 1. The van der Waals surface area contributed by atoms with Crippen LogP contribution in [0.25, 0.3) is 33.4 Å². The second-order valence-corrected chi connectivity index (χ2v) is 10.5. The van der Waals surface area contributed by atoms with Crippen molar-refractivity contribution >= 4 is 22.1 Å². The van der Waals surface area contributed by atoms with Crippen LogP contribution in [0.5, 0.6) is 5.75 Å². The number of phenolic OH excluding ortho intramolecular Hbond substituents is 1. The molecule has 0 radical (unpaired) electrons. The topological polar surface area (TPSA) is 81.7 Å². The monoisotopic (exact) mass is 440 g/mol. The lowest BCUT2D eigenvalue weighted by atomic mass is 9.80. The molecule has 2 heterocycles. The predicted octanol–water partition coefficient (Wildman–Crippen LogP) is 5.46. The lowest BCUT2D eigenvalue weighted by Gasteiger charge is -2.27. The minimum atomic E-state index is -0.228. The highest BCUT2D eigenvalue weighted by Gasteiger charge is 2.26. The van der Waals surface area contributed by atoms with Gasteiger partial charge in [-0.25, -0.2) is 4.68 Å². The van der Waals surface area contributed by atoms with E-state index in [2.05, 4.69) is 63.0 Å². The summed E-state index contributed by atoms with van der Waals surface area (Å²) in [6.07, 6.45) is 0. The molecule has 0 saturated heterocycles. The summed E-state index contributed by atoms with van der Waals surface area (Å²) in [5.74, 6) is 0.207. The maximum absolute atomic E-state index is 11.2. The van der Waals surface area contributed by atoms with E-state index in [0.717, 1.165) is 33.4 Å². The van der Waals surface area contributed by atoms with Gasteiger partial charge in [-0.05, 0) is 52.8 Å². The van der Waals surface area contributed by atoms with Crippen LogP contribution in [0.2, 0.25) is 0 Å². The molecule has 3 aromatic carbocycles. The number of phenols is 1. The maximum atomic E-state index is 11.2. The normalized spacial score (nSPS) is 12.7. The molecule has 168 valence electrons. The van der Waals surface area contributed by atoms with Crippen molar-refractivity contribution in [3.05, 3.63) is 65.7 Å². The summed E-state index contributed by atoms with van der Waals surface area (Å²) in [7, 11) is 0. The molecule has 0 amide bonds. The first kappa shape index (κ1) is 21.1. The van der Waals surface area contributed by atoms with Gasteiger partial charge in [0.25, 0.3) is 0 Å². The molecule has 0 aliphatic heterocycles. The maximum Gasteiger partial charge on any atom is 0.146 e. The van der Waals surface area contributed by atoms with Crippen LogP contribution < -0.4 is 0 Å². The molecule has 0 bridgehead atoms. The number of hydrogen-bond acceptors (Lipinski definition) is 5. The largest absolute Gasteiger partial charge is 0.505 e. The van der Waals surface area contributed by atoms with Crippen LogP contribution in [0.3, 0.4) is 0 Å². The second kappa shape index (κ2) is 7.13. The zero-order chi connectivity index (χ0) is 23.5. The van der Waals surface area contributed by atoms with Gasteiger partial charge >= 0.3 is 0 Å². The van der Waals surface area contributed by atoms with Crippen molar-refractivity contribution in [1.29, 1.82) is 0 Å². The van der Waals surface area contributed by atoms with Crippen molar-refractivity contribution < 1.29 is 5.11 Å². The summed E-state index contributed by atoms with van der Waals surface area (Å²) in [4.78, 5) is 1.54. The van der Waals surface area contributed by atoms with E-state index >= 15 is 0 Å². The van der Waals surface area contributed by atoms with E-state index < -0.39 is 0 Å². The van der Waals surface area contributed by atoms with Gasteiger partial charge in [-0.2, -0.15) is 0 Å². The highest BCUT2D eigenvalue weighted by Crippen LogP contribution is 2.39. The Balaban J connectivity index is 1.67. The Labute approximate surface area is 192 Å². The molecule has 0 unspecified atom stereocenters. The van der Waals surface area contributed by atoms with Crippen molar-refractivity contribution in [2.45, 2.75) is 52.4 Å². The Bertz CT molecular complexity index is 1500. The van der Waals surface area contributed by atoms with E-state index in [1.54, 1.807) is 4.68 Å². The van der Waals surface area contributed by atoms with E-state index in [0.29, 0.717) is 11.2 Å². The molecule has 5 rings (SSSR count). The highest BCUT2D eigenvalue weighted by molar-refractivity contribution is 5.80. The second-order valence-electron chi connectivity index (χ2n) is 10.5. The molecule has 1 N–H and O–H groups in total. The molecule has 0 fully saturated rings. The SMILES string of the molecule is CC(C)(C)c1cc(-n2nc3ccc(-n4nnc5ccccc54)cc3n2)c(O)c(C(C)(C)C)c1. The summed E-state index contributed by atoms with van der Waals surface area (Å²) >= 11 is 0. The average molecular weight is 441 g/mol. The Morgan fingerprint density at radius 3 is 2.21 bits per heavy atom. The minimum absolute atomic E-state index is 0.0870. The van der Waals surface area contributed by atoms with Crippen molar-refractivity contribution in [3.63, 3.8) is 0 Å². The molecule has 0 spiro atoms. The molecule has 0 atom stereocenters. The number of benzene rings is 3. The molecule has 5 aromatic rings. The van der Waals surface area contributed by atoms with Gasteiger partial charge in [-0.3, -0.25) is 0 Å². The third-order valence-corrected chi connectivity index (χ3v) is 5.94. The van der Waals surface area contributed by atoms with E-state index in [4.69, 9.17) is 5.10 Å². The van der Waals surface area contributed by atoms with E-state index in [9.17, 15) is 5.11 Å². The van der Waals surface area contributed by atoms with Crippen molar-refractivity contribution in [2.24, 2.45) is 0 Å². The molecular weight excluding hydrogens is 412 g/mol. The fraction of sp³-hybridized carbons (Fsp3) is 0.308. The fourth-order valence-electron chi connectivity index (χ4n) is 3.98. The summed E-state index contributed by atoms with van der Waals surface area (Å²) in [5.41, 5.74) is 6.32. The molecule has 7 nitrogen and oxygen atoms in total. The van der Waals surface area contributed by atoms with E-state index in [-0.39, 0.29) is 16.6 Å². The first-order valence-corrected chi connectivity index (χ1v) is 11.1. The van der Waals surface area contributed by atoms with Crippen molar-refractivity contribution in [2.75, 3.05) is 0 Å². The van der Waals surface area contributed by atoms with Crippen LogP contribution >= 0.6 is 0 Å². The van der Waals surface area contributed by atoms with Crippen LogP contribution in [0, 0.1) is 0 Å². The quantitative estimate of drug-likeness (QED) is 0.394. The number of fused-ring (bicyclic) bond motifs is 2. The summed E-state index contributed by atoms with van der Waals surface area (Å²) < 4.78 is 1.79. The fourth-order valence-corrected chi connectivity index (χ4v) is 3.98. The lowest BCUT2D eigenvalue weighted by molar-refractivity contribution is 0.438. The van der Waals surface area contributed by atoms with Gasteiger partial charge in [-0.15, -0.1) is 20.1 Å². The number of para-hydroxylation sites is 1. The molecular formula is C26H28N6O. The molecule has 7 heteroatoms. The van der Waals surface area contributed by atoms with Gasteiger partial charge in [0.15, 0.2) is 0 Å². The number of hydrogen-bond donors (Lipinski definition) is 1. The average Bonchev–Trinajstić information content (AvgIpc) is 3.35. The Morgan fingerprint density at radius 2 is 1.48 bits per heavy atom. The number of aromatic nitrogens is 6. The smallest absolute Gasteiger partial charge is 0.146 e. The first-order chi connectivity index (χ1) is 15.5. The van der Waals surface area contributed by atoms with Crippen LogP contribution in [0.1, 0.15) is 52.7 Å². The van der Waals surface area contributed by atoms with Crippen LogP contribution in [-0.4, -0.2) is 35.1 Å². The molecule has 0 aliphatic carbocycles. The van der Waals surface area contributed by atoms with Gasteiger partial charge < -0.3 is 5.11 Å². The molecule has 0 saturated carbocycles. The Hall–Kier alpha value is -3.74. The van der Waals surface area contributed by atoms with E-state index in [1.165, 1.54) is 4.80 Å². The zero-order valence-corrected chi connectivity index (χ0v) is 19.8. The molecule has 0 aliphatic rings. The van der Waals surface area contributed by atoms with Gasteiger partial charge in [-0.1, -0.05) is 65.0 Å². The Kier molecular flexibility index (Phi) is 4.57. The van der Waals surface area contributed by atoms with Crippen LogP contribution in [-0.2, 0) is 10.8 Å². The third kappa shape index (κ3) is 3.63. The van der Waals surface area contributed by atoms with Crippen molar-refractivity contribution in [3.8, 4) is 17.1 Å². The standard InChI is InChI=1S/C26H28N6O/c1-25(2,3)16-13-18(26(4,5)6)24(33)23(14-16)32-28-19-12-11-17(15-21(19)29-32)31-22-10-8-7-9-20(22)27-30-31/h7-15,33H,1-6H3. The van der Waals surface area contributed by atoms with Gasteiger partial charge in [0.1, 0.15) is 28.0 Å². The molecule has 33 heavy (non-hydrogen) atoms. The molecule has 2 aromatic heterocycles. The zero-order valence-electron chi connectivity index (χ0n) is 19.8. The first-order valence-electron chi connectivity index (χ1n) is 11.1. The van der Waals surface area contributed by atoms with Crippen molar-refractivity contribution in [1.82, 2.24) is 30.0 Å². The highest BCUT2D eigenvalue weighted by atomic mass is 16.3. The summed E-state index contributed by atoms with van der Waals surface area (Å²) in [6, 6.07) is 17.7. The van der Waals surface area contributed by atoms with Crippen LogP contribution in [0.15, 0.2) is 54.6 Å². The van der Waals surface area contributed by atoms with Gasteiger partial charge in [0.2, 0.25) is 0 Å². The summed E-state index contributed by atoms with van der Waals surface area (Å²) in [5, 5.41) is 29.1. The minimum Gasteiger partial charge on any atom is -0.505 e. The van der Waals surface area contributed by atoms with Gasteiger partial charge in [0.05, 0.1) is 11.2 Å². The number of nitrogens with zero attached hydrogens (tertiary/aromatic N) is 6. The van der Waals surface area contributed by atoms with Gasteiger partial charge in [0, 0.05) is 5.56 Å². The third-order valence-electron chi connectivity index (χ3n) is 5.94. The van der Waals surface area contributed by atoms with E-state index in [1.807, 2.05) is 48.5 Å².